The molecule has 0 atom stereocenters. The molecule has 0 radical (unpaired) electrons. The largest absolute Gasteiger partial charge is 2.00 e. The van der Waals surface area contributed by atoms with Gasteiger partial charge in [0.05, 0.1) is 13.2 Å². The molecular formula is C26H47O2PS3Zn. The van der Waals surface area contributed by atoms with Crippen LogP contribution in [0.3, 0.4) is 0 Å². The van der Waals surface area contributed by atoms with Crippen LogP contribution in [0.15, 0.2) is 35.2 Å². The van der Waals surface area contributed by atoms with E-state index in [0.29, 0.717) is 0 Å². The Morgan fingerprint density at radius 1 is 0.636 bits per heavy atom. The van der Waals surface area contributed by atoms with Crippen LogP contribution in [0.4, 0.5) is 0 Å². The van der Waals surface area contributed by atoms with Crippen LogP contribution in [0.1, 0.15) is 117 Å². The minimum Gasteiger partial charge on any atom is -2.00 e. The number of hydrogen-bond acceptors (Lipinski definition) is 4. The molecule has 1 aromatic rings. The predicted octanol–water partition coefficient (Wildman–Crippen LogP) is 10.3. The van der Waals surface area contributed by atoms with Gasteiger partial charge >= 0.3 is 19.5 Å². The third kappa shape index (κ3) is 22.1. The van der Waals surface area contributed by atoms with Gasteiger partial charge in [-0.3, -0.25) is 0 Å². The fourth-order valence-corrected chi connectivity index (χ4v) is 8.07. The Balaban J connectivity index is 0. The zero-order valence-electron chi connectivity index (χ0n) is 21.3. The summed E-state index contributed by atoms with van der Waals surface area (Å²) in [5.74, 6) is 0. The molecule has 0 saturated carbocycles. The topological polar surface area (TPSA) is 18.5 Å². The minimum absolute atomic E-state index is 0. The van der Waals surface area contributed by atoms with Crippen LogP contribution in [-0.4, -0.2) is 13.2 Å². The molecule has 0 unspecified atom stereocenters. The molecule has 0 aliphatic rings. The van der Waals surface area contributed by atoms with E-state index in [1.54, 1.807) is 11.4 Å². The Kier molecular flexibility index (Phi) is 28.8. The zero-order chi connectivity index (χ0) is 22.5. The van der Waals surface area contributed by atoms with Crippen molar-refractivity contribution in [2.24, 2.45) is 0 Å². The maximum absolute atomic E-state index is 6.22. The summed E-state index contributed by atoms with van der Waals surface area (Å²) in [6.07, 6.45) is 20.8. The average Bonchev–Trinajstić information content (AvgIpc) is 2.77. The predicted molar refractivity (Wildman–Crippen MR) is 151 cm³/mol. The van der Waals surface area contributed by atoms with Crippen molar-refractivity contribution in [3.63, 3.8) is 0 Å². The Morgan fingerprint density at radius 2 is 1.00 bits per heavy atom. The first-order valence-corrected chi connectivity index (χ1v) is 16.9. The number of hydrogen-bond donors (Lipinski definition) is 0. The van der Waals surface area contributed by atoms with E-state index in [1.165, 1.54) is 89.9 Å². The van der Waals surface area contributed by atoms with Gasteiger partial charge in [0.15, 0.2) is 0 Å². The summed E-state index contributed by atoms with van der Waals surface area (Å²) in [7, 11) is 0. The summed E-state index contributed by atoms with van der Waals surface area (Å²) in [6.45, 7) is 5.99. The monoisotopic (exact) mass is 582 g/mol. The van der Waals surface area contributed by atoms with Gasteiger partial charge in [0, 0.05) is 4.90 Å². The first kappa shape index (κ1) is 36.3. The van der Waals surface area contributed by atoms with E-state index in [-0.39, 0.29) is 33.0 Å². The second-order valence-electron chi connectivity index (χ2n) is 8.47. The Bertz CT molecular complexity index is 538. The molecule has 0 heterocycles. The summed E-state index contributed by atoms with van der Waals surface area (Å²) in [5.41, 5.74) is -2.33. The van der Waals surface area contributed by atoms with E-state index in [1.807, 2.05) is 6.07 Å². The molecule has 2 nitrogen and oxygen atoms in total. The van der Waals surface area contributed by atoms with Gasteiger partial charge in [-0.05, 0) is 48.2 Å². The van der Waals surface area contributed by atoms with Crippen LogP contribution in [-0.2, 0) is 53.8 Å². The molecule has 7 heteroatoms. The van der Waals surface area contributed by atoms with Crippen LogP contribution < -0.4 is 0 Å². The van der Waals surface area contributed by atoms with Crippen molar-refractivity contribution in [3.05, 3.63) is 30.3 Å². The van der Waals surface area contributed by atoms with Crippen molar-refractivity contribution in [1.82, 2.24) is 0 Å². The van der Waals surface area contributed by atoms with Gasteiger partial charge in [-0.25, -0.2) is 0 Å². The molecule has 0 bridgehead atoms. The molecule has 1 aromatic carbocycles. The number of benzene rings is 1. The van der Waals surface area contributed by atoms with E-state index in [9.17, 15) is 0 Å². The third-order valence-electron chi connectivity index (χ3n) is 5.46. The van der Waals surface area contributed by atoms with Crippen molar-refractivity contribution in [2.75, 3.05) is 13.2 Å². The zero-order valence-corrected chi connectivity index (χ0v) is 27.6. The molecule has 188 valence electrons. The quantitative estimate of drug-likeness (QED) is 0.0767. The Morgan fingerprint density at radius 3 is 1.39 bits per heavy atom. The van der Waals surface area contributed by atoms with Gasteiger partial charge in [-0.1, -0.05) is 122 Å². The fourth-order valence-electron chi connectivity index (χ4n) is 3.53. The number of unbranched alkanes of at least 4 members (excludes halogenated alkanes) is 14. The molecule has 0 saturated heterocycles. The molecule has 0 aromatic heterocycles. The van der Waals surface area contributed by atoms with E-state index in [4.69, 9.17) is 20.9 Å². The average molecular weight is 584 g/mol. The first-order chi connectivity index (χ1) is 15.2. The molecule has 0 amide bonds. The van der Waals surface area contributed by atoms with Crippen molar-refractivity contribution in [2.45, 2.75) is 121 Å². The van der Waals surface area contributed by atoms with Crippen molar-refractivity contribution >= 4 is 42.4 Å². The fraction of sp³-hybridized carbons (Fsp3) is 0.769. The van der Waals surface area contributed by atoms with Crippen molar-refractivity contribution in [1.29, 1.82) is 0 Å². The summed E-state index contributed by atoms with van der Waals surface area (Å²) >= 11 is 7.54. The minimum atomic E-state index is -2.33. The maximum Gasteiger partial charge on any atom is 2.00 e. The summed E-state index contributed by atoms with van der Waals surface area (Å²) in [5, 5.41) is 0. The third-order valence-corrected chi connectivity index (χ3v) is 10.4. The van der Waals surface area contributed by atoms with Gasteiger partial charge in [0.2, 0.25) is 0 Å². The molecule has 0 N–H and O–H groups in total. The Labute approximate surface area is 234 Å². The summed E-state index contributed by atoms with van der Waals surface area (Å²) in [6, 6.07) is 10.4. The number of rotatable bonds is 22. The van der Waals surface area contributed by atoms with Crippen LogP contribution in [0.5, 0.6) is 0 Å². The van der Waals surface area contributed by atoms with E-state index >= 15 is 0 Å². The normalized spacial score (nSPS) is 11.1. The second-order valence-corrected chi connectivity index (χ2v) is 14.7. The standard InChI is InChI=1S/C26H47O2PS2.S.Zn/c1-3-5-7-9-11-13-15-20-24-27-29(30,31-26-22-18-17-19-23-26)28-25-21-16-14-12-10-8-6-4-2;;/h17-19,22-23H,3-16,20-21,24-25H2,1-2H3;;/q;-2;+2. The summed E-state index contributed by atoms with van der Waals surface area (Å²) < 4.78 is 12.4. The van der Waals surface area contributed by atoms with Gasteiger partial charge in [0.1, 0.15) is 0 Å². The molecule has 33 heavy (non-hydrogen) atoms. The van der Waals surface area contributed by atoms with Gasteiger partial charge in [-0.2, -0.15) is 0 Å². The van der Waals surface area contributed by atoms with Crippen LogP contribution in [0.25, 0.3) is 0 Å². The van der Waals surface area contributed by atoms with Crippen molar-refractivity contribution < 1.29 is 28.5 Å². The van der Waals surface area contributed by atoms with E-state index in [2.05, 4.69) is 38.1 Å². The molecule has 0 fully saturated rings. The maximum atomic E-state index is 6.22. The first-order valence-electron chi connectivity index (χ1n) is 12.8. The van der Waals surface area contributed by atoms with Gasteiger partial charge in [0.25, 0.3) is 5.69 Å². The SMILES string of the molecule is CCCCCCCCCCOP(=S)(OCCCCCCCCCC)Sc1ccccc1.[S-2].[Zn+2]. The van der Waals surface area contributed by atoms with E-state index in [0.717, 1.165) is 31.0 Å². The molecule has 1 rings (SSSR count). The van der Waals surface area contributed by atoms with Gasteiger partial charge < -0.3 is 22.5 Å². The van der Waals surface area contributed by atoms with Gasteiger partial charge in [-0.15, -0.1) is 0 Å². The smallest absolute Gasteiger partial charge is 2.00 e. The van der Waals surface area contributed by atoms with Crippen LogP contribution in [0, 0.1) is 0 Å². The van der Waals surface area contributed by atoms with Crippen LogP contribution >= 0.6 is 17.1 Å². The molecular weight excluding hydrogens is 537 g/mol. The molecule has 0 aliphatic carbocycles. The molecule has 0 spiro atoms. The van der Waals surface area contributed by atoms with Crippen LogP contribution in [0.2, 0.25) is 0 Å². The van der Waals surface area contributed by atoms with E-state index < -0.39 is 5.69 Å². The Hall–Kier alpha value is 1.11. The summed E-state index contributed by atoms with van der Waals surface area (Å²) in [4.78, 5) is 1.15. The second kappa shape index (κ2) is 26.2. The molecule has 0 aliphatic heterocycles. The van der Waals surface area contributed by atoms with Crippen molar-refractivity contribution in [3.8, 4) is 0 Å².